The summed E-state index contributed by atoms with van der Waals surface area (Å²) in [4.78, 5) is 38.7. The maximum absolute atomic E-state index is 13.9. The highest BCUT2D eigenvalue weighted by molar-refractivity contribution is 6.46. The summed E-state index contributed by atoms with van der Waals surface area (Å²) in [5.41, 5.74) is 1.39. The Kier molecular flexibility index (Phi) is 6.09. The van der Waals surface area contributed by atoms with E-state index < -0.39 is 23.4 Å². The molecule has 172 valence electrons. The number of amides is 3. The smallest absolute Gasteiger partial charge is 0.282 e. The van der Waals surface area contributed by atoms with Gasteiger partial charge < -0.3 is 15.4 Å². The fraction of sp³-hybridized carbons (Fsp3) is 0.0800. The van der Waals surface area contributed by atoms with Crippen molar-refractivity contribution in [2.24, 2.45) is 0 Å². The summed E-state index contributed by atoms with van der Waals surface area (Å²) < 4.78 is 32.5. The molecule has 0 saturated heterocycles. The molecule has 2 N–H and O–H groups in total. The van der Waals surface area contributed by atoms with Crippen LogP contribution in [0.15, 0.2) is 72.4 Å². The average molecular weight is 463 g/mol. The molecule has 0 aliphatic carbocycles. The Bertz CT molecular complexity index is 1320. The first-order valence-electron chi connectivity index (χ1n) is 10.2. The molecule has 0 spiro atoms. The standard InChI is InChI=1S/C25H19F2N3O4/c1-14(31)28-16-5-7-17(8-6-16)29-23-22(15-3-10-19(34-2)11-4-15)24(32)30(25(23)33)18-9-12-20(26)21(27)13-18/h3-13,29H,1-2H3,(H,28,31). The van der Waals surface area contributed by atoms with Crippen molar-refractivity contribution in [1.29, 1.82) is 0 Å². The van der Waals surface area contributed by atoms with Crippen molar-refractivity contribution >= 4 is 40.4 Å². The molecule has 9 heteroatoms. The quantitative estimate of drug-likeness (QED) is 0.532. The fourth-order valence-electron chi connectivity index (χ4n) is 3.51. The Morgan fingerprint density at radius 1 is 0.853 bits per heavy atom. The van der Waals surface area contributed by atoms with Crippen LogP contribution in [0.5, 0.6) is 5.75 Å². The Labute approximate surface area is 193 Å². The summed E-state index contributed by atoms with van der Waals surface area (Å²) in [6.45, 7) is 1.38. The maximum atomic E-state index is 13.9. The van der Waals surface area contributed by atoms with Crippen molar-refractivity contribution in [2.45, 2.75) is 6.92 Å². The lowest BCUT2D eigenvalue weighted by Crippen LogP contribution is -2.32. The van der Waals surface area contributed by atoms with E-state index in [1.807, 2.05) is 0 Å². The van der Waals surface area contributed by atoms with Gasteiger partial charge in [0.1, 0.15) is 11.4 Å². The molecule has 1 aliphatic rings. The number of benzene rings is 3. The van der Waals surface area contributed by atoms with Gasteiger partial charge in [-0.3, -0.25) is 14.4 Å². The molecule has 0 fully saturated rings. The van der Waals surface area contributed by atoms with Crippen LogP contribution in [0.25, 0.3) is 5.57 Å². The second-order valence-corrected chi connectivity index (χ2v) is 7.41. The van der Waals surface area contributed by atoms with Gasteiger partial charge in [-0.2, -0.15) is 0 Å². The monoisotopic (exact) mass is 463 g/mol. The molecule has 0 aromatic heterocycles. The largest absolute Gasteiger partial charge is 0.497 e. The van der Waals surface area contributed by atoms with E-state index in [0.717, 1.165) is 23.1 Å². The number of rotatable bonds is 6. The molecule has 1 aliphatic heterocycles. The predicted octanol–water partition coefficient (Wildman–Crippen LogP) is 4.33. The lowest BCUT2D eigenvalue weighted by atomic mass is 10.0. The molecule has 34 heavy (non-hydrogen) atoms. The Morgan fingerprint density at radius 3 is 2.09 bits per heavy atom. The summed E-state index contributed by atoms with van der Waals surface area (Å²) >= 11 is 0. The average Bonchev–Trinajstić information content (AvgIpc) is 3.06. The van der Waals surface area contributed by atoms with E-state index in [4.69, 9.17) is 4.74 Å². The van der Waals surface area contributed by atoms with E-state index in [0.29, 0.717) is 22.7 Å². The van der Waals surface area contributed by atoms with Crippen molar-refractivity contribution in [2.75, 3.05) is 22.6 Å². The zero-order chi connectivity index (χ0) is 24.4. The number of imide groups is 1. The fourth-order valence-corrected chi connectivity index (χ4v) is 3.51. The molecular weight excluding hydrogens is 444 g/mol. The number of carbonyl (C=O) groups is 3. The molecule has 3 aromatic rings. The molecule has 3 aromatic carbocycles. The van der Waals surface area contributed by atoms with Gasteiger partial charge in [0.25, 0.3) is 11.8 Å². The number of anilines is 3. The van der Waals surface area contributed by atoms with Crippen LogP contribution in [0.1, 0.15) is 12.5 Å². The van der Waals surface area contributed by atoms with Crippen molar-refractivity contribution in [1.82, 2.24) is 0 Å². The molecule has 0 radical (unpaired) electrons. The summed E-state index contributed by atoms with van der Waals surface area (Å²) in [5, 5.41) is 5.60. The highest BCUT2D eigenvalue weighted by atomic mass is 19.2. The number of hydrogen-bond donors (Lipinski definition) is 2. The van der Waals surface area contributed by atoms with Crippen LogP contribution in [0, 0.1) is 11.6 Å². The number of ether oxygens (including phenoxy) is 1. The minimum absolute atomic E-state index is 0.0350. The Morgan fingerprint density at radius 2 is 1.50 bits per heavy atom. The van der Waals surface area contributed by atoms with Crippen LogP contribution < -0.4 is 20.3 Å². The van der Waals surface area contributed by atoms with Crippen LogP contribution in [0.2, 0.25) is 0 Å². The predicted molar refractivity (Wildman–Crippen MR) is 123 cm³/mol. The van der Waals surface area contributed by atoms with Crippen molar-refractivity contribution < 1.29 is 27.9 Å². The van der Waals surface area contributed by atoms with E-state index >= 15 is 0 Å². The molecule has 0 bridgehead atoms. The lowest BCUT2D eigenvalue weighted by molar-refractivity contribution is -0.120. The molecule has 3 amide bonds. The van der Waals surface area contributed by atoms with Crippen LogP contribution in [-0.4, -0.2) is 24.8 Å². The van der Waals surface area contributed by atoms with E-state index in [1.54, 1.807) is 48.5 Å². The highest BCUT2D eigenvalue weighted by Crippen LogP contribution is 2.35. The third kappa shape index (κ3) is 4.36. The highest BCUT2D eigenvalue weighted by Gasteiger charge is 2.40. The lowest BCUT2D eigenvalue weighted by Gasteiger charge is -2.15. The zero-order valence-corrected chi connectivity index (χ0v) is 18.2. The summed E-state index contributed by atoms with van der Waals surface area (Å²) in [6, 6.07) is 15.8. The normalized spacial score (nSPS) is 13.4. The zero-order valence-electron chi connectivity index (χ0n) is 18.2. The summed E-state index contributed by atoms with van der Waals surface area (Å²) in [5.74, 6) is -3.38. The minimum atomic E-state index is -1.18. The van der Waals surface area contributed by atoms with Crippen molar-refractivity contribution in [3.05, 3.63) is 89.6 Å². The minimum Gasteiger partial charge on any atom is -0.497 e. The first-order valence-corrected chi connectivity index (χ1v) is 10.2. The SMILES string of the molecule is COc1ccc(C2=C(Nc3ccc(NC(C)=O)cc3)C(=O)N(c3ccc(F)c(F)c3)C2=O)cc1. The van der Waals surface area contributed by atoms with Crippen LogP contribution >= 0.6 is 0 Å². The van der Waals surface area contributed by atoms with Gasteiger partial charge in [0, 0.05) is 24.4 Å². The van der Waals surface area contributed by atoms with Gasteiger partial charge in [-0.1, -0.05) is 12.1 Å². The first-order chi connectivity index (χ1) is 16.3. The van der Waals surface area contributed by atoms with Gasteiger partial charge in [-0.15, -0.1) is 0 Å². The van der Waals surface area contributed by atoms with Crippen molar-refractivity contribution in [3.8, 4) is 5.75 Å². The van der Waals surface area contributed by atoms with Crippen molar-refractivity contribution in [3.63, 3.8) is 0 Å². The van der Waals surface area contributed by atoms with Gasteiger partial charge in [0.2, 0.25) is 5.91 Å². The molecular formula is C25H19F2N3O4. The number of nitrogens with one attached hydrogen (secondary N) is 2. The number of hydrogen-bond acceptors (Lipinski definition) is 5. The van der Waals surface area contributed by atoms with Crippen LogP contribution in [0.4, 0.5) is 25.8 Å². The number of halogens is 2. The molecule has 1 heterocycles. The van der Waals surface area contributed by atoms with E-state index in [9.17, 15) is 23.2 Å². The first kappa shape index (κ1) is 22.7. The molecule has 0 saturated carbocycles. The Balaban J connectivity index is 1.76. The van der Waals surface area contributed by atoms with Crippen LogP contribution in [0.3, 0.4) is 0 Å². The number of nitrogens with zero attached hydrogens (tertiary/aromatic N) is 1. The number of carbonyl (C=O) groups excluding carboxylic acids is 3. The topological polar surface area (TPSA) is 87.7 Å². The van der Waals surface area contributed by atoms with Gasteiger partial charge in [-0.05, 0) is 54.1 Å². The van der Waals surface area contributed by atoms with E-state index in [2.05, 4.69) is 10.6 Å². The van der Waals surface area contributed by atoms with Gasteiger partial charge in [0.05, 0.1) is 18.4 Å². The van der Waals surface area contributed by atoms with Gasteiger partial charge in [0.15, 0.2) is 11.6 Å². The van der Waals surface area contributed by atoms with E-state index in [-0.39, 0.29) is 22.9 Å². The van der Waals surface area contributed by atoms with Gasteiger partial charge in [-0.25, -0.2) is 13.7 Å². The maximum Gasteiger partial charge on any atom is 0.282 e. The second kappa shape index (κ2) is 9.14. The number of methoxy groups -OCH3 is 1. The third-order valence-electron chi connectivity index (χ3n) is 5.10. The summed E-state index contributed by atoms with van der Waals surface area (Å²) in [6.07, 6.45) is 0. The van der Waals surface area contributed by atoms with Crippen LogP contribution in [-0.2, 0) is 14.4 Å². The molecule has 0 unspecified atom stereocenters. The third-order valence-corrected chi connectivity index (χ3v) is 5.10. The Hall–Kier alpha value is -4.53. The summed E-state index contributed by atoms with van der Waals surface area (Å²) in [7, 11) is 1.50. The molecule has 0 atom stereocenters. The second-order valence-electron chi connectivity index (χ2n) is 7.41. The molecule has 4 rings (SSSR count). The van der Waals surface area contributed by atoms with E-state index in [1.165, 1.54) is 14.0 Å². The molecule has 7 nitrogen and oxygen atoms in total. The van der Waals surface area contributed by atoms with Gasteiger partial charge >= 0.3 is 0 Å².